The molecule has 0 saturated carbocycles. The number of hydrogen-bond acceptors (Lipinski definition) is 2. The molecule has 0 radical (unpaired) electrons. The summed E-state index contributed by atoms with van der Waals surface area (Å²) in [5.41, 5.74) is 23.3. The molecule has 2 heterocycles. The van der Waals surface area contributed by atoms with Crippen molar-refractivity contribution in [1.29, 1.82) is 0 Å². The molecular weight excluding hydrogens is 897 g/mol. The van der Waals surface area contributed by atoms with E-state index in [1.54, 1.807) is 0 Å². The summed E-state index contributed by atoms with van der Waals surface area (Å²) in [6, 6.07) is 98.4. The van der Waals surface area contributed by atoms with E-state index < -0.39 is 5.41 Å². The molecule has 16 rings (SSSR count). The molecule has 0 amide bonds. The van der Waals surface area contributed by atoms with Crippen LogP contribution in [-0.2, 0) is 5.41 Å². The number of furan rings is 1. The first kappa shape index (κ1) is 41.0. The topological polar surface area (TPSA) is 21.3 Å². The summed E-state index contributed by atoms with van der Waals surface area (Å²) in [5.74, 6) is 0. The van der Waals surface area contributed by atoms with Crippen LogP contribution in [0.3, 0.4) is 0 Å². The molecule has 2 aromatic heterocycles. The number of anilines is 3. The van der Waals surface area contributed by atoms with Crippen LogP contribution in [0.5, 0.6) is 0 Å². The van der Waals surface area contributed by atoms with E-state index in [2.05, 4.69) is 270 Å². The van der Waals surface area contributed by atoms with Crippen molar-refractivity contribution in [3.05, 3.63) is 289 Å². The van der Waals surface area contributed by atoms with Crippen molar-refractivity contribution in [2.45, 2.75) is 5.41 Å². The average molecular weight is 941 g/mol. The first-order valence-electron chi connectivity index (χ1n) is 25.6. The lowest BCUT2D eigenvalue weighted by Gasteiger charge is -2.32. The molecule has 0 bridgehead atoms. The first-order chi connectivity index (χ1) is 36.7. The normalized spacial score (nSPS) is 13.0. The van der Waals surface area contributed by atoms with Crippen LogP contribution >= 0.6 is 0 Å². The van der Waals surface area contributed by atoms with Gasteiger partial charge in [-0.05, 0) is 150 Å². The van der Waals surface area contributed by atoms with Gasteiger partial charge in [0.1, 0.15) is 11.2 Å². The molecule has 0 unspecified atom stereocenters. The smallest absolute Gasteiger partial charge is 0.137 e. The van der Waals surface area contributed by atoms with Gasteiger partial charge in [-0.1, -0.05) is 194 Å². The zero-order chi connectivity index (χ0) is 48.5. The monoisotopic (exact) mass is 940 g/mol. The molecule has 344 valence electrons. The molecule has 2 aliphatic carbocycles. The van der Waals surface area contributed by atoms with Crippen LogP contribution in [0.2, 0.25) is 0 Å². The van der Waals surface area contributed by atoms with Crippen molar-refractivity contribution in [3.8, 4) is 50.2 Å². The number of benzene rings is 12. The molecule has 0 N–H and O–H groups in total. The van der Waals surface area contributed by atoms with E-state index in [1.165, 1.54) is 88.3 Å². The number of aromatic nitrogens is 1. The Morgan fingerprint density at radius 3 is 1.58 bits per heavy atom. The highest BCUT2D eigenvalue weighted by Gasteiger charge is 2.51. The van der Waals surface area contributed by atoms with E-state index in [-0.39, 0.29) is 0 Å². The molecular formula is C71H44N2O. The number of nitrogens with zero attached hydrogens (tertiary/aromatic N) is 2. The maximum absolute atomic E-state index is 6.38. The summed E-state index contributed by atoms with van der Waals surface area (Å²) < 4.78 is 8.79. The Kier molecular flexibility index (Phi) is 8.66. The van der Waals surface area contributed by atoms with Crippen LogP contribution in [0.25, 0.3) is 105 Å². The Labute approximate surface area is 428 Å². The highest BCUT2D eigenvalue weighted by molar-refractivity contribution is 6.15. The van der Waals surface area contributed by atoms with Gasteiger partial charge in [0.15, 0.2) is 0 Å². The van der Waals surface area contributed by atoms with Gasteiger partial charge in [0.05, 0.1) is 27.5 Å². The summed E-state index contributed by atoms with van der Waals surface area (Å²) in [6.07, 6.45) is 0. The minimum absolute atomic E-state index is 0.446. The second-order valence-electron chi connectivity index (χ2n) is 19.9. The third kappa shape index (κ3) is 5.72. The van der Waals surface area contributed by atoms with Crippen LogP contribution in [0.15, 0.2) is 271 Å². The van der Waals surface area contributed by atoms with E-state index >= 15 is 0 Å². The minimum atomic E-state index is -0.446. The van der Waals surface area contributed by atoms with Crippen LogP contribution in [-0.4, -0.2) is 4.57 Å². The predicted molar refractivity (Wildman–Crippen MR) is 307 cm³/mol. The maximum Gasteiger partial charge on any atom is 0.137 e. The van der Waals surface area contributed by atoms with Crippen LogP contribution in [0.1, 0.15) is 22.3 Å². The molecule has 0 atom stereocenters. The van der Waals surface area contributed by atoms with E-state index in [4.69, 9.17) is 4.42 Å². The Morgan fingerprint density at radius 1 is 0.311 bits per heavy atom. The lowest BCUT2D eigenvalue weighted by molar-refractivity contribution is 0.669. The van der Waals surface area contributed by atoms with Gasteiger partial charge in [0.25, 0.3) is 0 Å². The number of hydrogen-bond donors (Lipinski definition) is 0. The van der Waals surface area contributed by atoms with Gasteiger partial charge in [-0.15, -0.1) is 0 Å². The molecule has 0 fully saturated rings. The molecule has 1 spiro atoms. The first-order valence-corrected chi connectivity index (χ1v) is 25.6. The Balaban J connectivity index is 0.835. The second kappa shape index (κ2) is 15.6. The second-order valence-corrected chi connectivity index (χ2v) is 19.9. The summed E-state index contributed by atoms with van der Waals surface area (Å²) in [6.45, 7) is 0. The number of fused-ring (bicyclic) bond motifs is 17. The van der Waals surface area contributed by atoms with Gasteiger partial charge in [0, 0.05) is 33.2 Å². The SMILES string of the molecule is c1ccc(-c2ccc3c(c2)c2ccccc2n3-c2cccc3oc4ccccc4c23)c(-c2ccc(N(c3ccc4c(c3)C3(c5ccccc5-c5ccccc53)c3ccccc3-4)c3ccc4ccccc4c3)cc2)c1. The van der Waals surface area contributed by atoms with Crippen molar-refractivity contribution in [2.75, 3.05) is 4.90 Å². The van der Waals surface area contributed by atoms with Crippen molar-refractivity contribution in [1.82, 2.24) is 4.57 Å². The van der Waals surface area contributed by atoms with Gasteiger partial charge >= 0.3 is 0 Å². The van der Waals surface area contributed by atoms with Gasteiger partial charge in [0.2, 0.25) is 0 Å². The van der Waals surface area contributed by atoms with E-state index in [0.717, 1.165) is 55.8 Å². The zero-order valence-corrected chi connectivity index (χ0v) is 40.2. The number of para-hydroxylation sites is 2. The molecule has 0 aliphatic heterocycles. The van der Waals surface area contributed by atoms with Crippen LogP contribution in [0, 0.1) is 0 Å². The Morgan fingerprint density at radius 2 is 0.838 bits per heavy atom. The van der Waals surface area contributed by atoms with Gasteiger partial charge in [-0.25, -0.2) is 0 Å². The Bertz CT molecular complexity index is 4560. The highest BCUT2D eigenvalue weighted by atomic mass is 16.3. The largest absolute Gasteiger partial charge is 0.456 e. The lowest BCUT2D eigenvalue weighted by atomic mass is 9.70. The molecule has 2 aliphatic rings. The van der Waals surface area contributed by atoms with Crippen molar-refractivity contribution in [2.24, 2.45) is 0 Å². The fraction of sp³-hybridized carbons (Fsp3) is 0.0141. The average Bonchev–Trinajstić information content (AvgIpc) is 4.21. The number of rotatable bonds is 6. The molecule has 3 heteroatoms. The molecule has 12 aromatic carbocycles. The van der Waals surface area contributed by atoms with Crippen molar-refractivity contribution >= 4 is 71.6 Å². The third-order valence-corrected chi connectivity index (χ3v) is 16.2. The standard InChI is InChI=1S/C71H44N2O/c1-2-17-47-42-50(38-32-45(47)16-1)72(51-39-40-57-56-22-7-12-27-63(56)71(64(57)44-51)61-25-10-5-20-54(61)55-21-6-11-26-62(55)71)49-36-33-46(34-37-49)52-18-3-4-19-53(52)48-35-41-66-60(43-48)58-23-8-13-28-65(58)73(66)67-29-15-31-69-70(67)59-24-9-14-30-68(59)74-69/h1-44H. The third-order valence-electron chi connectivity index (χ3n) is 16.2. The molecule has 3 nitrogen and oxygen atoms in total. The van der Waals surface area contributed by atoms with Crippen molar-refractivity contribution in [3.63, 3.8) is 0 Å². The fourth-order valence-electron chi connectivity index (χ4n) is 13.1. The fourth-order valence-corrected chi connectivity index (χ4v) is 13.1. The minimum Gasteiger partial charge on any atom is -0.456 e. The summed E-state index contributed by atoms with van der Waals surface area (Å²) in [7, 11) is 0. The van der Waals surface area contributed by atoms with Crippen LogP contribution < -0.4 is 4.90 Å². The maximum atomic E-state index is 6.38. The molecule has 0 saturated heterocycles. The highest BCUT2D eigenvalue weighted by Crippen LogP contribution is 2.63. The van der Waals surface area contributed by atoms with E-state index in [1.807, 2.05) is 6.07 Å². The predicted octanol–water partition coefficient (Wildman–Crippen LogP) is 19.0. The molecule has 14 aromatic rings. The Hall–Kier alpha value is -9.70. The van der Waals surface area contributed by atoms with E-state index in [9.17, 15) is 0 Å². The summed E-state index contributed by atoms with van der Waals surface area (Å²) in [5, 5.41) is 7.09. The zero-order valence-electron chi connectivity index (χ0n) is 40.2. The lowest BCUT2D eigenvalue weighted by Crippen LogP contribution is -2.26. The van der Waals surface area contributed by atoms with Gasteiger partial charge in [-0.2, -0.15) is 0 Å². The van der Waals surface area contributed by atoms with E-state index in [0.29, 0.717) is 0 Å². The molecule has 74 heavy (non-hydrogen) atoms. The quantitative estimate of drug-likeness (QED) is 0.166. The van der Waals surface area contributed by atoms with Gasteiger partial charge in [-0.3, -0.25) is 0 Å². The van der Waals surface area contributed by atoms with Gasteiger partial charge < -0.3 is 13.9 Å². The van der Waals surface area contributed by atoms with Crippen LogP contribution in [0.4, 0.5) is 17.1 Å². The van der Waals surface area contributed by atoms with Crippen molar-refractivity contribution < 1.29 is 4.42 Å². The summed E-state index contributed by atoms with van der Waals surface area (Å²) in [4.78, 5) is 2.45. The summed E-state index contributed by atoms with van der Waals surface area (Å²) >= 11 is 0.